The van der Waals surface area contributed by atoms with Crippen molar-refractivity contribution >= 4 is 5.84 Å². The number of hydrogen-bond acceptors (Lipinski definition) is 3. The molecule has 0 heterocycles. The van der Waals surface area contributed by atoms with Crippen molar-refractivity contribution in [1.82, 2.24) is 0 Å². The lowest BCUT2D eigenvalue weighted by Crippen LogP contribution is -2.12. The fourth-order valence-electron chi connectivity index (χ4n) is 1.93. The van der Waals surface area contributed by atoms with Crippen LogP contribution in [0.5, 0.6) is 11.5 Å². The van der Waals surface area contributed by atoms with Crippen LogP contribution in [0.1, 0.15) is 16.7 Å². The number of aryl methyl sites for hydroxylation is 1. The first-order valence-corrected chi connectivity index (χ1v) is 6.31. The average Bonchev–Trinajstić information content (AvgIpc) is 2.46. The summed E-state index contributed by atoms with van der Waals surface area (Å²) in [6.07, 6.45) is 0. The summed E-state index contributed by atoms with van der Waals surface area (Å²) in [6, 6.07) is 13.4. The minimum Gasteiger partial charge on any atom is -0.496 e. The molecular formula is C16H18N2O2. The maximum absolute atomic E-state index is 7.48. The Labute approximate surface area is 118 Å². The van der Waals surface area contributed by atoms with Gasteiger partial charge >= 0.3 is 0 Å². The molecule has 2 rings (SSSR count). The summed E-state index contributed by atoms with van der Waals surface area (Å²) >= 11 is 0. The number of hydrogen-bond donors (Lipinski definition) is 2. The average molecular weight is 270 g/mol. The molecule has 0 radical (unpaired) electrons. The first-order valence-electron chi connectivity index (χ1n) is 6.31. The van der Waals surface area contributed by atoms with E-state index < -0.39 is 0 Å². The van der Waals surface area contributed by atoms with E-state index in [2.05, 4.69) is 0 Å². The van der Waals surface area contributed by atoms with Gasteiger partial charge in [-0.3, -0.25) is 5.41 Å². The molecular weight excluding hydrogens is 252 g/mol. The van der Waals surface area contributed by atoms with Crippen molar-refractivity contribution in [3.63, 3.8) is 0 Å². The highest BCUT2D eigenvalue weighted by Crippen LogP contribution is 2.22. The summed E-state index contributed by atoms with van der Waals surface area (Å²) in [5.74, 6) is 1.44. The predicted molar refractivity (Wildman–Crippen MR) is 79.5 cm³/mol. The van der Waals surface area contributed by atoms with E-state index in [-0.39, 0.29) is 5.84 Å². The van der Waals surface area contributed by atoms with Crippen LogP contribution in [0.4, 0.5) is 0 Å². The van der Waals surface area contributed by atoms with Gasteiger partial charge < -0.3 is 15.2 Å². The molecule has 2 aromatic rings. The van der Waals surface area contributed by atoms with Gasteiger partial charge in [0, 0.05) is 0 Å². The second-order valence-corrected chi connectivity index (χ2v) is 4.50. The van der Waals surface area contributed by atoms with Crippen molar-refractivity contribution in [3.8, 4) is 11.5 Å². The third-order valence-electron chi connectivity index (χ3n) is 3.04. The van der Waals surface area contributed by atoms with Crippen LogP contribution in [0, 0.1) is 12.3 Å². The van der Waals surface area contributed by atoms with E-state index in [4.69, 9.17) is 20.6 Å². The molecule has 4 heteroatoms. The molecule has 0 bridgehead atoms. The number of rotatable bonds is 5. The summed E-state index contributed by atoms with van der Waals surface area (Å²) in [6.45, 7) is 2.45. The lowest BCUT2D eigenvalue weighted by Gasteiger charge is -2.12. The number of methoxy groups -OCH3 is 1. The second kappa shape index (κ2) is 6.10. The van der Waals surface area contributed by atoms with Crippen molar-refractivity contribution in [2.24, 2.45) is 5.73 Å². The van der Waals surface area contributed by atoms with E-state index in [0.717, 1.165) is 16.9 Å². The van der Waals surface area contributed by atoms with E-state index in [0.29, 0.717) is 17.9 Å². The van der Waals surface area contributed by atoms with Crippen LogP contribution in [0.15, 0.2) is 42.5 Å². The number of benzene rings is 2. The molecule has 4 nitrogen and oxygen atoms in total. The van der Waals surface area contributed by atoms with Gasteiger partial charge in [-0.25, -0.2) is 0 Å². The summed E-state index contributed by atoms with van der Waals surface area (Å²) in [4.78, 5) is 0. The normalized spacial score (nSPS) is 10.1. The zero-order valence-corrected chi connectivity index (χ0v) is 11.6. The minimum atomic E-state index is -0.00628. The lowest BCUT2D eigenvalue weighted by molar-refractivity contribution is 0.303. The van der Waals surface area contributed by atoms with Gasteiger partial charge in [0.05, 0.1) is 12.7 Å². The molecule has 0 fully saturated rings. The van der Waals surface area contributed by atoms with Crippen molar-refractivity contribution in [2.75, 3.05) is 7.11 Å². The van der Waals surface area contributed by atoms with Crippen molar-refractivity contribution < 1.29 is 9.47 Å². The highest BCUT2D eigenvalue weighted by Gasteiger charge is 2.07. The number of nitrogens with one attached hydrogen (secondary N) is 1. The van der Waals surface area contributed by atoms with Crippen LogP contribution < -0.4 is 15.2 Å². The first kappa shape index (κ1) is 13.9. The third kappa shape index (κ3) is 3.09. The quantitative estimate of drug-likeness (QED) is 0.648. The Morgan fingerprint density at radius 3 is 2.55 bits per heavy atom. The molecule has 0 unspecified atom stereocenters. The number of para-hydroxylation sites is 1. The monoisotopic (exact) mass is 270 g/mol. The molecule has 0 aliphatic carbocycles. The van der Waals surface area contributed by atoms with Crippen LogP contribution >= 0.6 is 0 Å². The molecule has 0 spiro atoms. The van der Waals surface area contributed by atoms with Crippen LogP contribution in [0.2, 0.25) is 0 Å². The zero-order valence-electron chi connectivity index (χ0n) is 11.6. The summed E-state index contributed by atoms with van der Waals surface area (Å²) in [5, 5.41) is 7.48. The highest BCUT2D eigenvalue weighted by molar-refractivity contribution is 5.97. The van der Waals surface area contributed by atoms with Gasteiger partial charge in [0.25, 0.3) is 0 Å². The van der Waals surface area contributed by atoms with Gasteiger partial charge in [0.1, 0.15) is 23.9 Å². The number of nitrogens with two attached hydrogens (primary N) is 1. The van der Waals surface area contributed by atoms with Gasteiger partial charge in [0.15, 0.2) is 0 Å². The smallest absolute Gasteiger partial charge is 0.130 e. The topological polar surface area (TPSA) is 68.3 Å². The highest BCUT2D eigenvalue weighted by atomic mass is 16.5. The predicted octanol–water partition coefficient (Wildman–Crippen LogP) is 2.87. The summed E-state index contributed by atoms with van der Waals surface area (Å²) < 4.78 is 11.0. The van der Waals surface area contributed by atoms with Crippen LogP contribution in [-0.4, -0.2) is 12.9 Å². The van der Waals surface area contributed by atoms with E-state index >= 15 is 0 Å². The molecule has 0 aliphatic heterocycles. The molecule has 0 amide bonds. The molecule has 20 heavy (non-hydrogen) atoms. The summed E-state index contributed by atoms with van der Waals surface area (Å²) in [5.41, 5.74) is 8.15. The van der Waals surface area contributed by atoms with E-state index in [1.54, 1.807) is 13.2 Å². The Hall–Kier alpha value is -2.49. The number of amidine groups is 1. The molecule has 0 saturated carbocycles. The van der Waals surface area contributed by atoms with Gasteiger partial charge in [-0.05, 0) is 36.2 Å². The molecule has 3 N–H and O–H groups in total. The molecule has 0 aliphatic rings. The number of ether oxygens (including phenoxy) is 2. The van der Waals surface area contributed by atoms with E-state index in [9.17, 15) is 0 Å². The first-order chi connectivity index (χ1) is 9.61. The Bertz CT molecular complexity index is 624. The van der Waals surface area contributed by atoms with Crippen molar-refractivity contribution in [2.45, 2.75) is 13.5 Å². The zero-order chi connectivity index (χ0) is 14.5. The van der Waals surface area contributed by atoms with Crippen LogP contribution in [0.25, 0.3) is 0 Å². The van der Waals surface area contributed by atoms with Crippen LogP contribution in [0.3, 0.4) is 0 Å². The Kier molecular flexibility index (Phi) is 4.25. The van der Waals surface area contributed by atoms with Gasteiger partial charge in [-0.15, -0.1) is 0 Å². The van der Waals surface area contributed by atoms with Gasteiger partial charge in [0.2, 0.25) is 0 Å². The van der Waals surface area contributed by atoms with Gasteiger partial charge in [-0.2, -0.15) is 0 Å². The maximum atomic E-state index is 7.48. The molecule has 0 saturated heterocycles. The third-order valence-corrected chi connectivity index (χ3v) is 3.04. The van der Waals surface area contributed by atoms with Crippen LogP contribution in [-0.2, 0) is 6.61 Å². The van der Waals surface area contributed by atoms with Gasteiger partial charge in [-0.1, -0.05) is 24.3 Å². The van der Waals surface area contributed by atoms with E-state index in [1.165, 1.54) is 0 Å². The lowest BCUT2D eigenvalue weighted by atomic mass is 10.1. The fraction of sp³-hybridized carbons (Fsp3) is 0.188. The molecule has 2 aromatic carbocycles. The minimum absolute atomic E-state index is 0.00628. The largest absolute Gasteiger partial charge is 0.496 e. The fourth-order valence-corrected chi connectivity index (χ4v) is 1.93. The maximum Gasteiger partial charge on any atom is 0.130 e. The SMILES string of the molecule is COc1cc(COc2ccccc2C)ccc1C(=N)N. The molecule has 0 aromatic heterocycles. The van der Waals surface area contributed by atoms with Crippen molar-refractivity contribution in [3.05, 3.63) is 59.2 Å². The Morgan fingerprint density at radius 1 is 1.15 bits per heavy atom. The van der Waals surface area contributed by atoms with Crippen molar-refractivity contribution in [1.29, 1.82) is 5.41 Å². The molecule has 104 valence electrons. The number of nitrogen functional groups attached to an aromatic ring is 1. The van der Waals surface area contributed by atoms with E-state index in [1.807, 2.05) is 43.3 Å². The second-order valence-electron chi connectivity index (χ2n) is 4.50. The Morgan fingerprint density at radius 2 is 1.90 bits per heavy atom. The standard InChI is InChI=1S/C16H18N2O2/c1-11-5-3-4-6-14(11)20-10-12-7-8-13(16(17)18)15(9-12)19-2/h3-9H,10H2,1-2H3,(H3,17,18). The Balaban J connectivity index is 2.15. The summed E-state index contributed by atoms with van der Waals surface area (Å²) in [7, 11) is 1.56. The molecule has 0 atom stereocenters.